The Morgan fingerprint density at radius 2 is 2.53 bits per heavy atom. The maximum atomic E-state index is 9.05. The molecule has 15 heavy (non-hydrogen) atoms. The van der Waals surface area contributed by atoms with Crippen molar-refractivity contribution in [2.24, 2.45) is 5.92 Å². The molecule has 84 valence electrons. The topological polar surface area (TPSA) is 36.4 Å². The largest absolute Gasteiger partial charge is 0.396 e. The van der Waals surface area contributed by atoms with Crippen LogP contribution in [-0.2, 0) is 13.0 Å². The van der Waals surface area contributed by atoms with E-state index in [4.69, 9.17) is 5.11 Å². The molecule has 2 rings (SSSR count). The van der Waals surface area contributed by atoms with Gasteiger partial charge in [0, 0.05) is 25.1 Å². The molecule has 1 unspecified atom stereocenters. The van der Waals surface area contributed by atoms with Gasteiger partial charge in [0.2, 0.25) is 0 Å². The molecule has 0 radical (unpaired) electrons. The van der Waals surface area contributed by atoms with Crippen LogP contribution in [0.3, 0.4) is 0 Å². The van der Waals surface area contributed by atoms with Crippen molar-refractivity contribution in [1.29, 1.82) is 0 Å². The molecule has 1 N–H and O–H groups in total. The van der Waals surface area contributed by atoms with Gasteiger partial charge in [-0.2, -0.15) is 0 Å². The Morgan fingerprint density at radius 1 is 1.67 bits per heavy atom. The number of hydrogen-bond acceptors (Lipinski definition) is 4. The zero-order valence-electron chi connectivity index (χ0n) is 9.15. The summed E-state index contributed by atoms with van der Waals surface area (Å²) in [5.74, 6) is 0.481. The summed E-state index contributed by atoms with van der Waals surface area (Å²) in [4.78, 5) is 6.94. The fourth-order valence-corrected chi connectivity index (χ4v) is 2.75. The number of aryl methyl sites for hydroxylation is 1. The highest BCUT2D eigenvalue weighted by Gasteiger charge is 2.22. The Bertz CT molecular complexity index is 313. The molecule has 0 aromatic carbocycles. The van der Waals surface area contributed by atoms with Crippen LogP contribution in [0, 0.1) is 5.92 Å². The van der Waals surface area contributed by atoms with Gasteiger partial charge in [0.1, 0.15) is 0 Å². The molecule has 0 bridgehead atoms. The second-order valence-corrected chi connectivity index (χ2v) is 5.10. The third kappa shape index (κ3) is 2.77. The molecule has 1 aromatic heterocycles. The Kier molecular flexibility index (Phi) is 3.72. The summed E-state index contributed by atoms with van der Waals surface area (Å²) in [6.07, 6.45) is 2.16. The van der Waals surface area contributed by atoms with Gasteiger partial charge in [0.15, 0.2) is 0 Å². The van der Waals surface area contributed by atoms with Crippen LogP contribution in [0.5, 0.6) is 0 Å². The predicted molar refractivity (Wildman–Crippen MR) is 62.0 cm³/mol. The summed E-state index contributed by atoms with van der Waals surface area (Å²) in [7, 11) is 0. The second kappa shape index (κ2) is 5.05. The molecule has 0 amide bonds. The molecular weight excluding hydrogens is 208 g/mol. The smallest absolute Gasteiger partial charge is 0.0926 e. The fraction of sp³-hybridized carbons (Fsp3) is 0.727. The van der Waals surface area contributed by atoms with E-state index in [1.54, 1.807) is 11.3 Å². The van der Waals surface area contributed by atoms with Gasteiger partial charge < -0.3 is 5.11 Å². The van der Waals surface area contributed by atoms with Crippen LogP contribution in [0.4, 0.5) is 0 Å². The van der Waals surface area contributed by atoms with Crippen LogP contribution < -0.4 is 0 Å². The molecule has 0 spiro atoms. The van der Waals surface area contributed by atoms with E-state index >= 15 is 0 Å². The van der Waals surface area contributed by atoms with E-state index in [0.717, 1.165) is 32.5 Å². The average Bonchev–Trinajstić information content (AvgIpc) is 2.87. The lowest BCUT2D eigenvalue weighted by atomic mass is 10.1. The van der Waals surface area contributed by atoms with E-state index in [1.165, 1.54) is 10.7 Å². The average molecular weight is 226 g/mol. The fourth-order valence-electron chi connectivity index (χ4n) is 2.02. The lowest BCUT2D eigenvalue weighted by Gasteiger charge is -2.13. The van der Waals surface area contributed by atoms with Crippen molar-refractivity contribution in [3.63, 3.8) is 0 Å². The van der Waals surface area contributed by atoms with Crippen molar-refractivity contribution in [1.82, 2.24) is 9.88 Å². The summed E-state index contributed by atoms with van der Waals surface area (Å²) in [6.45, 7) is 5.54. The van der Waals surface area contributed by atoms with Crippen molar-refractivity contribution in [3.05, 3.63) is 16.1 Å². The number of aliphatic hydroxyl groups is 1. The molecule has 2 heterocycles. The lowest BCUT2D eigenvalue weighted by Crippen LogP contribution is -2.21. The van der Waals surface area contributed by atoms with Gasteiger partial charge in [-0.3, -0.25) is 4.90 Å². The highest BCUT2D eigenvalue weighted by atomic mass is 32.1. The molecule has 1 atom stereocenters. The summed E-state index contributed by atoms with van der Waals surface area (Å²) in [6, 6.07) is 0. The van der Waals surface area contributed by atoms with Crippen molar-refractivity contribution in [2.45, 2.75) is 26.3 Å². The maximum absolute atomic E-state index is 9.05. The number of rotatable bonds is 4. The highest BCUT2D eigenvalue weighted by molar-refractivity contribution is 7.09. The van der Waals surface area contributed by atoms with Gasteiger partial charge in [-0.05, 0) is 25.3 Å². The minimum atomic E-state index is 0.327. The molecular formula is C11H18N2OS. The first-order valence-corrected chi connectivity index (χ1v) is 6.46. The Balaban J connectivity index is 1.87. The van der Waals surface area contributed by atoms with Crippen molar-refractivity contribution in [3.8, 4) is 0 Å². The number of nitrogens with zero attached hydrogens (tertiary/aromatic N) is 2. The third-order valence-electron chi connectivity index (χ3n) is 2.92. The lowest BCUT2D eigenvalue weighted by molar-refractivity contribution is 0.219. The maximum Gasteiger partial charge on any atom is 0.0926 e. The number of thiazole rings is 1. The minimum Gasteiger partial charge on any atom is -0.396 e. The van der Waals surface area contributed by atoms with Crippen LogP contribution >= 0.6 is 11.3 Å². The van der Waals surface area contributed by atoms with E-state index in [0.29, 0.717) is 12.5 Å². The van der Waals surface area contributed by atoms with Crippen molar-refractivity contribution >= 4 is 11.3 Å². The Hall–Kier alpha value is -0.450. The Labute approximate surface area is 94.8 Å². The molecule has 0 aliphatic carbocycles. The van der Waals surface area contributed by atoms with Crippen LogP contribution in [0.1, 0.15) is 24.0 Å². The first-order valence-electron chi connectivity index (χ1n) is 5.58. The molecule has 1 aromatic rings. The Morgan fingerprint density at radius 3 is 3.13 bits per heavy atom. The van der Waals surface area contributed by atoms with Crippen LogP contribution in [0.15, 0.2) is 5.38 Å². The molecule has 1 aliphatic rings. The summed E-state index contributed by atoms with van der Waals surface area (Å²) >= 11 is 1.75. The van der Waals surface area contributed by atoms with Crippen LogP contribution in [0.25, 0.3) is 0 Å². The number of hydrogen-bond donors (Lipinski definition) is 1. The molecule has 1 saturated heterocycles. The van der Waals surface area contributed by atoms with Gasteiger partial charge in [-0.15, -0.1) is 11.3 Å². The molecule has 3 nitrogen and oxygen atoms in total. The molecule has 1 fully saturated rings. The van der Waals surface area contributed by atoms with E-state index in [-0.39, 0.29) is 0 Å². The van der Waals surface area contributed by atoms with Gasteiger partial charge in [-0.1, -0.05) is 6.92 Å². The quantitative estimate of drug-likeness (QED) is 0.845. The summed E-state index contributed by atoms with van der Waals surface area (Å²) < 4.78 is 0. The number of aliphatic hydroxyl groups excluding tert-OH is 1. The minimum absolute atomic E-state index is 0.327. The zero-order valence-corrected chi connectivity index (χ0v) is 9.96. The van der Waals surface area contributed by atoms with Gasteiger partial charge in [0.05, 0.1) is 10.7 Å². The molecule has 1 aliphatic heterocycles. The first kappa shape index (κ1) is 11.0. The van der Waals surface area contributed by atoms with Crippen LogP contribution in [0.2, 0.25) is 0 Å². The van der Waals surface area contributed by atoms with E-state index in [1.807, 2.05) is 0 Å². The second-order valence-electron chi connectivity index (χ2n) is 4.16. The van der Waals surface area contributed by atoms with E-state index in [9.17, 15) is 0 Å². The van der Waals surface area contributed by atoms with Gasteiger partial charge >= 0.3 is 0 Å². The highest BCUT2D eigenvalue weighted by Crippen LogP contribution is 2.19. The molecule has 0 saturated carbocycles. The van der Waals surface area contributed by atoms with Gasteiger partial charge in [0.25, 0.3) is 0 Å². The monoisotopic (exact) mass is 226 g/mol. The number of likely N-dealkylation sites (tertiary alicyclic amines) is 1. The van der Waals surface area contributed by atoms with Crippen LogP contribution in [-0.4, -0.2) is 34.7 Å². The van der Waals surface area contributed by atoms with Crippen molar-refractivity contribution < 1.29 is 5.11 Å². The molecule has 4 heteroatoms. The van der Waals surface area contributed by atoms with Gasteiger partial charge in [-0.25, -0.2) is 4.98 Å². The number of aromatic nitrogens is 1. The standard InChI is InChI=1S/C11H18N2OS/c1-2-11-12-10(8-15-11)6-13-4-3-9(5-13)7-14/h8-9,14H,2-7H2,1H3. The van der Waals surface area contributed by atoms with E-state index < -0.39 is 0 Å². The van der Waals surface area contributed by atoms with Crippen molar-refractivity contribution in [2.75, 3.05) is 19.7 Å². The summed E-state index contributed by atoms with van der Waals surface area (Å²) in [5.41, 5.74) is 1.19. The zero-order chi connectivity index (χ0) is 10.7. The SMILES string of the molecule is CCc1nc(CN2CCC(CO)C2)cs1. The third-order valence-corrected chi connectivity index (χ3v) is 3.96. The normalized spacial score (nSPS) is 22.4. The first-order chi connectivity index (χ1) is 7.31. The van der Waals surface area contributed by atoms with E-state index in [2.05, 4.69) is 22.2 Å². The predicted octanol–water partition coefficient (Wildman–Crippen LogP) is 1.52. The summed E-state index contributed by atoms with van der Waals surface area (Å²) in [5, 5.41) is 12.4.